The first-order valence-electron chi connectivity index (χ1n) is 21.3. The molecule has 9 aromatic carbocycles. The zero-order valence-electron chi connectivity index (χ0n) is 34.4. The molecule has 0 unspecified atom stereocenters. The third-order valence-corrected chi connectivity index (χ3v) is 14.1. The minimum atomic E-state index is -0.142. The fraction of sp³-hybridized carbons (Fsp3) is 0.0508. The van der Waals surface area contributed by atoms with Crippen molar-refractivity contribution in [3.05, 3.63) is 217 Å². The van der Waals surface area contributed by atoms with Crippen LogP contribution in [-0.4, -0.2) is 9.97 Å². The summed E-state index contributed by atoms with van der Waals surface area (Å²) in [4.78, 5) is 10.7. The highest BCUT2D eigenvalue weighted by atomic mass is 32.1. The monoisotopic (exact) mass is 808 g/mol. The largest absolute Gasteiger partial charge is 0.228 e. The Hall–Kier alpha value is -7.46. The molecule has 0 aliphatic heterocycles. The summed E-state index contributed by atoms with van der Waals surface area (Å²) in [7, 11) is 0. The summed E-state index contributed by atoms with van der Waals surface area (Å²) in [6.07, 6.45) is 0. The minimum absolute atomic E-state index is 0.142. The molecule has 2 aromatic heterocycles. The Labute approximate surface area is 365 Å². The summed E-state index contributed by atoms with van der Waals surface area (Å²) in [5, 5.41) is 5.16. The summed E-state index contributed by atoms with van der Waals surface area (Å²) in [6.45, 7) is 4.72. The Kier molecular flexibility index (Phi) is 8.41. The summed E-state index contributed by atoms with van der Waals surface area (Å²) in [5.74, 6) is 0.700. The SMILES string of the molecule is CC1(C)c2cc3ccccc3cc2-c2c(-c3ccccc3-c3cc(-c4ccccc4-c4ccc(-c5ccc6sc7ccccc7c6c5)cc4)nc(-c4ccccc4)n3)cccc21. The van der Waals surface area contributed by atoms with Gasteiger partial charge in [0.05, 0.1) is 11.4 Å². The molecule has 0 spiro atoms. The quantitative estimate of drug-likeness (QED) is 0.167. The van der Waals surface area contributed by atoms with Gasteiger partial charge in [-0.3, -0.25) is 0 Å². The third-order valence-electron chi connectivity index (χ3n) is 12.9. The minimum Gasteiger partial charge on any atom is -0.228 e. The number of fused-ring (bicyclic) bond motifs is 7. The fourth-order valence-electron chi connectivity index (χ4n) is 9.78. The Morgan fingerprint density at radius 1 is 0.355 bits per heavy atom. The molecule has 2 heterocycles. The van der Waals surface area contributed by atoms with Crippen LogP contribution in [0.2, 0.25) is 0 Å². The van der Waals surface area contributed by atoms with Gasteiger partial charge in [0.1, 0.15) is 0 Å². The number of aromatic nitrogens is 2. The Balaban J connectivity index is 0.990. The summed E-state index contributed by atoms with van der Waals surface area (Å²) in [6, 6.07) is 74.8. The maximum atomic E-state index is 5.37. The maximum absolute atomic E-state index is 5.37. The Morgan fingerprint density at radius 2 is 0.935 bits per heavy atom. The van der Waals surface area contributed by atoms with Gasteiger partial charge in [-0.05, 0) is 103 Å². The van der Waals surface area contributed by atoms with Gasteiger partial charge in [-0.25, -0.2) is 9.97 Å². The molecule has 62 heavy (non-hydrogen) atoms. The number of hydrogen-bond acceptors (Lipinski definition) is 3. The molecular formula is C59H40N2S. The predicted molar refractivity (Wildman–Crippen MR) is 263 cm³/mol. The van der Waals surface area contributed by atoms with Gasteiger partial charge in [-0.1, -0.05) is 184 Å². The van der Waals surface area contributed by atoms with Gasteiger partial charge in [-0.2, -0.15) is 0 Å². The molecule has 0 saturated carbocycles. The molecule has 0 radical (unpaired) electrons. The van der Waals surface area contributed by atoms with Gasteiger partial charge in [0.2, 0.25) is 0 Å². The van der Waals surface area contributed by atoms with Crippen LogP contribution in [0.15, 0.2) is 206 Å². The molecule has 0 amide bonds. The van der Waals surface area contributed by atoms with Crippen LogP contribution in [-0.2, 0) is 5.41 Å². The Morgan fingerprint density at radius 3 is 1.71 bits per heavy atom. The van der Waals surface area contributed by atoms with E-state index in [2.05, 4.69) is 214 Å². The lowest BCUT2D eigenvalue weighted by Crippen LogP contribution is -2.14. The topological polar surface area (TPSA) is 25.8 Å². The van der Waals surface area contributed by atoms with Gasteiger partial charge in [-0.15, -0.1) is 11.3 Å². The van der Waals surface area contributed by atoms with E-state index < -0.39 is 0 Å². The highest BCUT2D eigenvalue weighted by Gasteiger charge is 2.37. The van der Waals surface area contributed by atoms with Crippen molar-refractivity contribution in [2.24, 2.45) is 0 Å². The van der Waals surface area contributed by atoms with E-state index in [4.69, 9.17) is 9.97 Å². The van der Waals surface area contributed by atoms with Crippen molar-refractivity contribution in [1.29, 1.82) is 0 Å². The second-order valence-corrected chi connectivity index (χ2v) is 18.0. The second kappa shape index (κ2) is 14.3. The van der Waals surface area contributed by atoms with Crippen molar-refractivity contribution < 1.29 is 0 Å². The molecule has 0 N–H and O–H groups in total. The van der Waals surface area contributed by atoms with E-state index in [-0.39, 0.29) is 5.41 Å². The summed E-state index contributed by atoms with van der Waals surface area (Å²) in [5.41, 5.74) is 17.1. The zero-order chi connectivity index (χ0) is 41.4. The highest BCUT2D eigenvalue weighted by molar-refractivity contribution is 7.25. The average molecular weight is 809 g/mol. The molecule has 3 heteroatoms. The second-order valence-electron chi connectivity index (χ2n) is 16.9. The smallest absolute Gasteiger partial charge is 0.160 e. The van der Waals surface area contributed by atoms with Crippen LogP contribution in [0.25, 0.3) is 109 Å². The van der Waals surface area contributed by atoms with E-state index in [1.54, 1.807) is 0 Å². The fourth-order valence-corrected chi connectivity index (χ4v) is 10.9. The number of benzene rings is 9. The number of nitrogens with zero attached hydrogens (tertiary/aromatic N) is 2. The van der Waals surface area contributed by atoms with Crippen molar-refractivity contribution in [3.8, 4) is 78.4 Å². The van der Waals surface area contributed by atoms with Gasteiger partial charge in [0.15, 0.2) is 5.82 Å². The van der Waals surface area contributed by atoms with Crippen LogP contribution in [0.1, 0.15) is 25.0 Å². The Bertz CT molecular complexity index is 3540. The van der Waals surface area contributed by atoms with Crippen molar-refractivity contribution in [2.75, 3.05) is 0 Å². The number of hydrogen-bond donors (Lipinski definition) is 0. The zero-order valence-corrected chi connectivity index (χ0v) is 35.2. The normalized spacial score (nSPS) is 12.8. The van der Waals surface area contributed by atoms with Crippen LogP contribution in [0.4, 0.5) is 0 Å². The molecule has 12 rings (SSSR count). The lowest BCUT2D eigenvalue weighted by atomic mass is 9.81. The number of thiophene rings is 1. The lowest BCUT2D eigenvalue weighted by molar-refractivity contribution is 0.661. The molecule has 0 saturated heterocycles. The van der Waals surface area contributed by atoms with Crippen molar-refractivity contribution in [3.63, 3.8) is 0 Å². The van der Waals surface area contributed by atoms with E-state index in [0.29, 0.717) is 5.82 Å². The van der Waals surface area contributed by atoms with Gasteiger partial charge in [0, 0.05) is 42.3 Å². The molecule has 0 bridgehead atoms. The van der Waals surface area contributed by atoms with Crippen LogP contribution in [0.3, 0.4) is 0 Å². The molecule has 2 nitrogen and oxygen atoms in total. The standard InChI is InChI=1S/C59H40N2S/c1-59(2)51-25-14-24-48(57(51)50-34-40-17-6-7-18-41(40)35-52(50)59)44-20-9-11-22-46(44)54-36-53(60-58(61-54)39-15-4-3-5-16-39)45-21-10-8-19-43(45)38-29-27-37(28-30-38)42-31-32-56-49(33-42)47-23-12-13-26-55(47)62-56/h3-36H,1-2H3. The molecule has 0 fully saturated rings. The van der Waals surface area contributed by atoms with E-state index >= 15 is 0 Å². The van der Waals surface area contributed by atoms with Crippen LogP contribution < -0.4 is 0 Å². The van der Waals surface area contributed by atoms with Crippen LogP contribution in [0.5, 0.6) is 0 Å². The first-order chi connectivity index (χ1) is 30.5. The van der Waals surface area contributed by atoms with Crippen LogP contribution >= 0.6 is 11.3 Å². The van der Waals surface area contributed by atoms with Gasteiger partial charge < -0.3 is 0 Å². The van der Waals surface area contributed by atoms with E-state index in [9.17, 15) is 0 Å². The van der Waals surface area contributed by atoms with Crippen molar-refractivity contribution >= 4 is 42.3 Å². The molecule has 0 atom stereocenters. The van der Waals surface area contributed by atoms with Gasteiger partial charge >= 0.3 is 0 Å². The maximum Gasteiger partial charge on any atom is 0.160 e. The molecule has 292 valence electrons. The van der Waals surface area contributed by atoms with E-state index in [0.717, 1.165) is 44.8 Å². The number of rotatable bonds is 6. The average Bonchev–Trinajstić information content (AvgIpc) is 3.82. The summed E-state index contributed by atoms with van der Waals surface area (Å²) < 4.78 is 2.64. The molecule has 1 aliphatic rings. The first-order valence-corrected chi connectivity index (χ1v) is 22.1. The summed E-state index contributed by atoms with van der Waals surface area (Å²) >= 11 is 1.86. The molecule has 1 aliphatic carbocycles. The van der Waals surface area contributed by atoms with Crippen LogP contribution in [0, 0.1) is 0 Å². The van der Waals surface area contributed by atoms with E-state index in [1.165, 1.54) is 69.9 Å². The molecular weight excluding hydrogens is 769 g/mol. The van der Waals surface area contributed by atoms with E-state index in [1.807, 2.05) is 17.4 Å². The lowest BCUT2D eigenvalue weighted by Gasteiger charge is -2.22. The highest BCUT2D eigenvalue weighted by Crippen LogP contribution is 2.54. The predicted octanol–water partition coefficient (Wildman–Crippen LogP) is 16.3. The van der Waals surface area contributed by atoms with Crippen molar-refractivity contribution in [2.45, 2.75) is 19.3 Å². The van der Waals surface area contributed by atoms with Crippen molar-refractivity contribution in [1.82, 2.24) is 9.97 Å². The first kappa shape index (κ1) is 36.4. The molecule has 11 aromatic rings. The third kappa shape index (κ3) is 5.92. The van der Waals surface area contributed by atoms with Gasteiger partial charge in [0.25, 0.3) is 0 Å².